The molecule has 0 saturated heterocycles. The van der Waals surface area contributed by atoms with Gasteiger partial charge >= 0.3 is 106 Å². The predicted molar refractivity (Wildman–Crippen MR) is 68.3 cm³/mol. The Morgan fingerprint density at radius 1 is 0.812 bits per heavy atom. The maximum atomic E-state index is 9.15. The van der Waals surface area contributed by atoms with Crippen molar-refractivity contribution in [2.45, 2.75) is 52.3 Å². The Kier molecular flexibility index (Phi) is 6.53. The van der Waals surface area contributed by atoms with Crippen LogP contribution in [0.2, 0.25) is 3.80 Å². The first kappa shape index (κ1) is 16.4. The number of hydrogen-bond acceptors (Lipinski definition) is 1. The van der Waals surface area contributed by atoms with Gasteiger partial charge in [-0.1, -0.05) is 0 Å². The molecule has 0 aromatic rings. The molecule has 0 radical (unpaired) electrons. The second-order valence-electron chi connectivity index (χ2n) is 4.89. The molecule has 99 valence electrons. The van der Waals surface area contributed by atoms with Gasteiger partial charge in [0.2, 0.25) is 0 Å². The zero-order valence-corrected chi connectivity index (χ0v) is 15.1. The van der Waals surface area contributed by atoms with Gasteiger partial charge in [0, 0.05) is 0 Å². The third-order valence-corrected chi connectivity index (χ3v) is 18.2. The van der Waals surface area contributed by atoms with Crippen molar-refractivity contribution in [1.29, 1.82) is 3.91 Å². The van der Waals surface area contributed by atoms with Gasteiger partial charge in [-0.2, -0.15) is 0 Å². The summed E-state index contributed by atoms with van der Waals surface area (Å²) in [4.78, 5) is 0. The predicted octanol–water partition coefficient (Wildman–Crippen LogP) is 3.63. The summed E-state index contributed by atoms with van der Waals surface area (Å²) in [5, 5.41) is 0. The fourth-order valence-electron chi connectivity index (χ4n) is 2.13. The first-order valence-electron chi connectivity index (χ1n) is 6.37. The van der Waals surface area contributed by atoms with E-state index in [1.807, 2.05) is 0 Å². The van der Waals surface area contributed by atoms with Crippen LogP contribution in [0.5, 0.6) is 0 Å². The summed E-state index contributed by atoms with van der Waals surface area (Å²) in [6, 6.07) is 0. The van der Waals surface area contributed by atoms with Crippen LogP contribution in [0, 0.1) is 3.91 Å². The summed E-state index contributed by atoms with van der Waals surface area (Å²) in [5.74, 6) is 0. The van der Waals surface area contributed by atoms with Crippen LogP contribution in [-0.4, -0.2) is 33.1 Å². The van der Waals surface area contributed by atoms with E-state index in [1.54, 1.807) is 0 Å². The van der Waals surface area contributed by atoms with Crippen LogP contribution in [0.4, 0.5) is 0 Å². The molecular formula is C12H30N3W. The Labute approximate surface area is 106 Å². The van der Waals surface area contributed by atoms with Gasteiger partial charge in [0.05, 0.1) is 0 Å². The van der Waals surface area contributed by atoms with Crippen LogP contribution in [0.15, 0.2) is 0 Å². The average Bonchev–Trinajstić information content (AvgIpc) is 2.19. The van der Waals surface area contributed by atoms with Gasteiger partial charge < -0.3 is 0 Å². The Bertz CT molecular complexity index is 221. The molecule has 0 atom stereocenters. The molecule has 0 aliphatic rings. The van der Waals surface area contributed by atoms with Crippen molar-refractivity contribution in [3.05, 3.63) is 0 Å². The number of nitrogens with zero attached hydrogens (tertiary/aromatic N) is 2. The van der Waals surface area contributed by atoms with E-state index in [2.05, 4.69) is 55.4 Å². The van der Waals surface area contributed by atoms with Crippen molar-refractivity contribution in [1.82, 2.24) is 6.92 Å². The Morgan fingerprint density at radius 3 is 1.19 bits per heavy atom. The third kappa shape index (κ3) is 3.00. The van der Waals surface area contributed by atoms with Gasteiger partial charge in [-0.15, -0.1) is 0 Å². The molecule has 0 aliphatic heterocycles. The molecule has 1 N–H and O–H groups in total. The van der Waals surface area contributed by atoms with Crippen molar-refractivity contribution in [2.75, 3.05) is 26.2 Å². The summed E-state index contributed by atoms with van der Waals surface area (Å²) in [6.45, 7) is 19.6. The van der Waals surface area contributed by atoms with Crippen LogP contribution < -0.4 is 0 Å². The average molecular weight is 400 g/mol. The van der Waals surface area contributed by atoms with Crippen LogP contribution >= 0.6 is 0 Å². The summed E-state index contributed by atoms with van der Waals surface area (Å²) < 4.78 is 14.2. The monoisotopic (exact) mass is 400 g/mol. The Morgan fingerprint density at radius 2 is 1.06 bits per heavy atom. The standard InChI is InChI=1S/2C4H10N.C4H9.HN.W/c2*1-3-5-4-2;1-4(2)3;;/h2*3-4H2,1-2H3;1-3H3;1H;/q2*-1;;;+2. The maximum absolute atomic E-state index is 9.15. The van der Waals surface area contributed by atoms with E-state index in [4.69, 9.17) is 3.91 Å². The van der Waals surface area contributed by atoms with Crippen molar-refractivity contribution in [3.8, 4) is 0 Å². The second kappa shape index (κ2) is 6.37. The van der Waals surface area contributed by atoms with Crippen molar-refractivity contribution in [2.24, 2.45) is 0 Å². The van der Waals surface area contributed by atoms with E-state index in [1.165, 1.54) is 0 Å². The summed E-state index contributed by atoms with van der Waals surface area (Å²) in [7, 11) is 0. The molecular weight excluding hydrogens is 370 g/mol. The fourth-order valence-corrected chi connectivity index (χ4v) is 14.2. The quantitative estimate of drug-likeness (QED) is 0.738. The molecule has 0 fully saturated rings. The van der Waals surface area contributed by atoms with Crippen molar-refractivity contribution >= 4 is 0 Å². The van der Waals surface area contributed by atoms with E-state index < -0.39 is 16.4 Å². The van der Waals surface area contributed by atoms with Crippen LogP contribution in [0.1, 0.15) is 48.5 Å². The van der Waals surface area contributed by atoms with Crippen molar-refractivity contribution < 1.29 is 16.4 Å². The second-order valence-corrected chi connectivity index (χ2v) is 16.9. The summed E-state index contributed by atoms with van der Waals surface area (Å²) in [5.41, 5.74) is 0. The molecule has 0 heterocycles. The SMILES string of the molecule is CC[N](CC)[W](=[NH])([N](CC)CC)[C](C)(C)C. The molecule has 0 spiro atoms. The van der Waals surface area contributed by atoms with Crippen LogP contribution in [0.3, 0.4) is 0 Å². The van der Waals surface area contributed by atoms with E-state index in [0.29, 0.717) is 0 Å². The van der Waals surface area contributed by atoms with E-state index >= 15 is 0 Å². The Hall–Kier alpha value is 0.408. The molecule has 0 rings (SSSR count). The zero-order chi connectivity index (χ0) is 13.0. The third-order valence-electron chi connectivity index (χ3n) is 3.01. The first-order chi connectivity index (χ1) is 7.29. The molecule has 4 heteroatoms. The van der Waals surface area contributed by atoms with Gasteiger partial charge in [-0.3, -0.25) is 0 Å². The molecule has 0 amide bonds. The number of hydrogen-bond donors (Lipinski definition) is 1. The van der Waals surface area contributed by atoms with Crippen LogP contribution in [0.25, 0.3) is 0 Å². The van der Waals surface area contributed by atoms with E-state index in [0.717, 1.165) is 26.2 Å². The molecule has 16 heavy (non-hydrogen) atoms. The van der Waals surface area contributed by atoms with Crippen molar-refractivity contribution in [3.63, 3.8) is 0 Å². The molecule has 3 nitrogen and oxygen atoms in total. The molecule has 0 aromatic heterocycles. The fraction of sp³-hybridized carbons (Fsp3) is 1.00. The minimum absolute atomic E-state index is 0.130. The van der Waals surface area contributed by atoms with Gasteiger partial charge in [0.1, 0.15) is 0 Å². The summed E-state index contributed by atoms with van der Waals surface area (Å²) in [6.07, 6.45) is 0. The molecule has 0 bridgehead atoms. The van der Waals surface area contributed by atoms with E-state index in [9.17, 15) is 0 Å². The Balaban J connectivity index is 5.43. The van der Waals surface area contributed by atoms with E-state index in [-0.39, 0.29) is 3.80 Å². The van der Waals surface area contributed by atoms with Gasteiger partial charge in [-0.25, -0.2) is 0 Å². The van der Waals surface area contributed by atoms with Gasteiger partial charge in [0.25, 0.3) is 0 Å². The zero-order valence-electron chi connectivity index (χ0n) is 12.1. The van der Waals surface area contributed by atoms with Gasteiger partial charge in [-0.05, 0) is 0 Å². The summed E-state index contributed by atoms with van der Waals surface area (Å²) >= 11 is -3.13. The number of rotatable bonds is 6. The number of nitrogens with one attached hydrogen (secondary N) is 1. The normalized spacial score (nSPS) is 13.8. The first-order valence-corrected chi connectivity index (χ1v) is 11.9. The molecule has 0 aliphatic carbocycles. The molecule has 0 aromatic carbocycles. The van der Waals surface area contributed by atoms with Crippen LogP contribution in [-0.2, 0) is 16.4 Å². The molecule has 0 saturated carbocycles. The van der Waals surface area contributed by atoms with Gasteiger partial charge in [0.15, 0.2) is 0 Å². The topological polar surface area (TPSA) is 30.3 Å². The minimum atomic E-state index is -3.13. The molecule has 0 unspecified atom stereocenters.